The first-order chi connectivity index (χ1) is 8.99. The normalized spacial score (nSPS) is 10.3. The average Bonchev–Trinajstić information content (AvgIpc) is 2.37. The Bertz CT molecular complexity index is 627. The Morgan fingerprint density at radius 3 is 2.47 bits per heavy atom. The summed E-state index contributed by atoms with van der Waals surface area (Å²) in [7, 11) is 0. The molecule has 1 aromatic carbocycles. The van der Waals surface area contributed by atoms with Crippen molar-refractivity contribution in [2.45, 2.75) is 6.92 Å². The topological polar surface area (TPSA) is 75.1 Å². The summed E-state index contributed by atoms with van der Waals surface area (Å²) in [5.41, 5.74) is 1.09. The molecule has 0 saturated carbocycles. The molecule has 0 atom stereocenters. The Labute approximate surface area is 119 Å². The highest BCUT2D eigenvalue weighted by Gasteiger charge is 2.14. The van der Waals surface area contributed by atoms with E-state index in [1.807, 2.05) is 0 Å². The van der Waals surface area contributed by atoms with E-state index < -0.39 is 5.91 Å². The Morgan fingerprint density at radius 1 is 1.26 bits per heavy atom. The van der Waals surface area contributed by atoms with Crippen molar-refractivity contribution < 1.29 is 9.90 Å². The van der Waals surface area contributed by atoms with Crippen LogP contribution in [-0.2, 0) is 0 Å². The first-order valence-corrected chi connectivity index (χ1v) is 6.01. The Balaban J connectivity index is 2.28. The number of hydrogen-bond donors (Lipinski definition) is 2. The molecule has 2 aromatic rings. The summed E-state index contributed by atoms with van der Waals surface area (Å²) in [6.45, 7) is 1.73. The number of benzene rings is 1. The fraction of sp³-hybridized carbons (Fsp3) is 0.0833. The summed E-state index contributed by atoms with van der Waals surface area (Å²) in [5, 5.41) is 12.2. The van der Waals surface area contributed by atoms with Gasteiger partial charge in [-0.1, -0.05) is 29.3 Å². The predicted octanol–water partition coefficient (Wildman–Crippen LogP) is 3.05. The van der Waals surface area contributed by atoms with Gasteiger partial charge in [0, 0.05) is 5.56 Å². The van der Waals surface area contributed by atoms with Crippen LogP contribution in [0.3, 0.4) is 0 Å². The van der Waals surface area contributed by atoms with Crippen LogP contribution in [0.4, 0.5) is 5.69 Å². The lowest BCUT2D eigenvalue weighted by Crippen LogP contribution is -2.13. The molecule has 0 spiro atoms. The van der Waals surface area contributed by atoms with Crippen LogP contribution < -0.4 is 5.32 Å². The molecule has 2 N–H and O–H groups in total. The molecule has 19 heavy (non-hydrogen) atoms. The lowest BCUT2D eigenvalue weighted by atomic mass is 10.1. The molecule has 0 saturated heterocycles. The number of carbonyl (C=O) groups excluding carboxylic acids is 1. The van der Waals surface area contributed by atoms with E-state index in [0.717, 1.165) is 0 Å². The van der Waals surface area contributed by atoms with Crippen LogP contribution in [0, 0.1) is 6.92 Å². The third-order valence-electron chi connectivity index (χ3n) is 2.46. The van der Waals surface area contributed by atoms with E-state index in [2.05, 4.69) is 15.3 Å². The number of rotatable bonds is 2. The molecule has 0 fully saturated rings. The summed E-state index contributed by atoms with van der Waals surface area (Å²) in [5.74, 6) is -0.428. The fourth-order valence-electron chi connectivity index (χ4n) is 1.38. The fourth-order valence-corrected chi connectivity index (χ4v) is 1.79. The van der Waals surface area contributed by atoms with Crippen molar-refractivity contribution >= 4 is 34.8 Å². The smallest absolute Gasteiger partial charge is 0.255 e. The maximum atomic E-state index is 12.0. The standard InChI is InChI=1S/C12H9Cl2N3O2/c1-6-2-3-7(4-8(6)18)12(19)17-9-10(13)15-5-16-11(9)14/h2-5,18H,1H3,(H,17,19). The molecule has 1 amide bonds. The molecule has 0 bridgehead atoms. The molecule has 2 rings (SSSR count). The zero-order valence-corrected chi connectivity index (χ0v) is 11.3. The number of halogens is 2. The number of hydrogen-bond acceptors (Lipinski definition) is 4. The number of nitrogens with one attached hydrogen (secondary N) is 1. The third-order valence-corrected chi connectivity index (χ3v) is 3.04. The largest absolute Gasteiger partial charge is 0.508 e. The number of phenols is 1. The molecule has 0 aliphatic carbocycles. The molecule has 1 heterocycles. The summed E-state index contributed by atoms with van der Waals surface area (Å²) in [6, 6.07) is 4.57. The van der Waals surface area contributed by atoms with E-state index in [9.17, 15) is 9.90 Å². The zero-order chi connectivity index (χ0) is 14.0. The maximum absolute atomic E-state index is 12.0. The molecule has 98 valence electrons. The second kappa shape index (κ2) is 5.42. The van der Waals surface area contributed by atoms with Gasteiger partial charge in [0.2, 0.25) is 0 Å². The van der Waals surface area contributed by atoms with Gasteiger partial charge in [0.25, 0.3) is 5.91 Å². The van der Waals surface area contributed by atoms with Crippen molar-refractivity contribution in [1.82, 2.24) is 9.97 Å². The number of amides is 1. The van der Waals surface area contributed by atoms with Crippen LogP contribution in [0.25, 0.3) is 0 Å². The summed E-state index contributed by atoms with van der Waals surface area (Å²) in [6.07, 6.45) is 1.19. The van der Waals surface area contributed by atoms with Gasteiger partial charge in [-0.15, -0.1) is 0 Å². The van der Waals surface area contributed by atoms with Crippen molar-refractivity contribution in [2.24, 2.45) is 0 Å². The molecule has 0 aliphatic rings. The molecule has 5 nitrogen and oxygen atoms in total. The van der Waals surface area contributed by atoms with Crippen LogP contribution in [0.2, 0.25) is 10.3 Å². The molecule has 1 aromatic heterocycles. The Morgan fingerprint density at radius 2 is 1.89 bits per heavy atom. The number of anilines is 1. The lowest BCUT2D eigenvalue weighted by Gasteiger charge is -2.08. The lowest BCUT2D eigenvalue weighted by molar-refractivity contribution is 0.102. The van der Waals surface area contributed by atoms with E-state index in [1.54, 1.807) is 19.1 Å². The van der Waals surface area contributed by atoms with Crippen LogP contribution in [0.1, 0.15) is 15.9 Å². The maximum Gasteiger partial charge on any atom is 0.255 e. The molecular weight excluding hydrogens is 289 g/mol. The van der Waals surface area contributed by atoms with Gasteiger partial charge in [0.05, 0.1) is 0 Å². The Kier molecular flexibility index (Phi) is 3.87. The number of aromatic hydroxyl groups is 1. The number of nitrogens with zero attached hydrogens (tertiary/aromatic N) is 2. The molecule has 0 unspecified atom stereocenters. The second-order valence-corrected chi connectivity index (χ2v) is 4.50. The van der Waals surface area contributed by atoms with Crippen molar-refractivity contribution in [3.05, 3.63) is 46.0 Å². The minimum atomic E-state index is -0.464. The van der Waals surface area contributed by atoms with Crippen molar-refractivity contribution in [1.29, 1.82) is 0 Å². The summed E-state index contributed by atoms with van der Waals surface area (Å²) in [4.78, 5) is 19.4. The Hall–Kier alpha value is -1.85. The van der Waals surface area contributed by atoms with Crippen LogP contribution in [0.15, 0.2) is 24.5 Å². The number of phenolic OH excluding ortho intramolecular Hbond substituents is 1. The highest BCUT2D eigenvalue weighted by atomic mass is 35.5. The van der Waals surface area contributed by atoms with Gasteiger partial charge in [-0.2, -0.15) is 0 Å². The zero-order valence-electron chi connectivity index (χ0n) is 9.82. The van der Waals surface area contributed by atoms with Crippen molar-refractivity contribution in [3.63, 3.8) is 0 Å². The first kappa shape index (κ1) is 13.6. The summed E-state index contributed by atoms with van der Waals surface area (Å²) >= 11 is 11.6. The molecule has 7 heteroatoms. The highest BCUT2D eigenvalue weighted by molar-refractivity contribution is 6.38. The van der Waals surface area contributed by atoms with Crippen LogP contribution in [-0.4, -0.2) is 21.0 Å². The molecular formula is C12H9Cl2N3O2. The van der Waals surface area contributed by atoms with Gasteiger partial charge in [-0.3, -0.25) is 4.79 Å². The molecule has 0 radical (unpaired) electrons. The van der Waals surface area contributed by atoms with E-state index in [0.29, 0.717) is 5.56 Å². The van der Waals surface area contributed by atoms with Gasteiger partial charge in [-0.25, -0.2) is 9.97 Å². The monoisotopic (exact) mass is 297 g/mol. The van der Waals surface area contributed by atoms with E-state index in [4.69, 9.17) is 23.2 Å². The van der Waals surface area contributed by atoms with Gasteiger partial charge in [-0.05, 0) is 24.6 Å². The third kappa shape index (κ3) is 2.94. The van der Waals surface area contributed by atoms with Crippen LogP contribution >= 0.6 is 23.2 Å². The van der Waals surface area contributed by atoms with Gasteiger partial charge in [0.1, 0.15) is 17.8 Å². The summed E-state index contributed by atoms with van der Waals surface area (Å²) < 4.78 is 0. The van der Waals surface area contributed by atoms with Crippen molar-refractivity contribution in [2.75, 3.05) is 5.32 Å². The molecule has 0 aliphatic heterocycles. The number of aromatic nitrogens is 2. The average molecular weight is 298 g/mol. The van der Waals surface area contributed by atoms with E-state index in [1.165, 1.54) is 12.4 Å². The first-order valence-electron chi connectivity index (χ1n) is 5.26. The van der Waals surface area contributed by atoms with E-state index >= 15 is 0 Å². The SMILES string of the molecule is Cc1ccc(C(=O)Nc2c(Cl)ncnc2Cl)cc1O. The minimum Gasteiger partial charge on any atom is -0.508 e. The van der Waals surface area contributed by atoms with Gasteiger partial charge in [0.15, 0.2) is 10.3 Å². The van der Waals surface area contributed by atoms with Crippen LogP contribution in [0.5, 0.6) is 5.75 Å². The quantitative estimate of drug-likeness (QED) is 0.836. The van der Waals surface area contributed by atoms with Gasteiger partial charge < -0.3 is 10.4 Å². The van der Waals surface area contributed by atoms with E-state index in [-0.39, 0.29) is 27.3 Å². The second-order valence-electron chi connectivity index (χ2n) is 3.79. The van der Waals surface area contributed by atoms with Gasteiger partial charge >= 0.3 is 0 Å². The minimum absolute atomic E-state index is 0.0363. The number of carbonyl (C=O) groups is 1. The number of aryl methyl sites for hydroxylation is 1. The van der Waals surface area contributed by atoms with Crippen molar-refractivity contribution in [3.8, 4) is 5.75 Å². The highest BCUT2D eigenvalue weighted by Crippen LogP contribution is 2.26. The predicted molar refractivity (Wildman–Crippen MR) is 72.8 cm³/mol.